The molecule has 1 aromatic carbocycles. The molecule has 0 aliphatic rings. The second kappa shape index (κ2) is 5.60. The van der Waals surface area contributed by atoms with Gasteiger partial charge in [0.25, 0.3) is 0 Å². The zero-order valence-electron chi connectivity index (χ0n) is 11.6. The van der Waals surface area contributed by atoms with Crippen LogP contribution in [0.3, 0.4) is 0 Å². The molecule has 0 bridgehead atoms. The second-order valence-corrected chi connectivity index (χ2v) is 7.14. The lowest BCUT2D eigenvalue weighted by atomic mass is 10.1. The van der Waals surface area contributed by atoms with Crippen molar-refractivity contribution in [1.29, 1.82) is 0 Å². The number of anilines is 1. The van der Waals surface area contributed by atoms with Crippen molar-refractivity contribution >= 4 is 36.8 Å². The van der Waals surface area contributed by atoms with Crippen molar-refractivity contribution in [3.63, 3.8) is 0 Å². The second-order valence-electron chi connectivity index (χ2n) is 4.57. The number of pyridine rings is 1. The number of rotatable bonds is 3. The molecule has 6 nitrogen and oxygen atoms in total. The normalized spacial score (nSPS) is 12.5. The van der Waals surface area contributed by atoms with Gasteiger partial charge in [-0.1, -0.05) is 17.4 Å². The maximum atomic E-state index is 12.5. The third-order valence-electron chi connectivity index (χ3n) is 2.91. The summed E-state index contributed by atoms with van der Waals surface area (Å²) in [5.74, 6) is -0.522. The lowest BCUT2D eigenvalue weighted by Crippen LogP contribution is -2.28. The van der Waals surface area contributed by atoms with Crippen LogP contribution in [0.25, 0.3) is 21.5 Å². The summed E-state index contributed by atoms with van der Waals surface area (Å²) in [7, 11) is -5.79. The third kappa shape index (κ3) is 2.99. The summed E-state index contributed by atoms with van der Waals surface area (Å²) in [5.41, 5.74) is 1.10. The monoisotopic (exact) mass is 375 g/mol. The van der Waals surface area contributed by atoms with Crippen molar-refractivity contribution in [3.05, 3.63) is 36.5 Å². The maximum Gasteiger partial charge on any atom is 0.534 e. The molecular weight excluding hydrogens is 367 g/mol. The number of nitrogens with zero attached hydrogens (tertiary/aromatic N) is 2. The Morgan fingerprint density at radius 3 is 2.58 bits per heavy atom. The summed E-state index contributed by atoms with van der Waals surface area (Å²) in [6.07, 6.45) is 1.49. The minimum absolute atomic E-state index is 0.179. The topological polar surface area (TPSA) is 95.2 Å². The van der Waals surface area contributed by atoms with Gasteiger partial charge in [-0.3, -0.25) is 4.98 Å². The predicted octanol–water partition coefficient (Wildman–Crippen LogP) is 3.17. The van der Waals surface area contributed by atoms with Gasteiger partial charge >= 0.3 is 15.6 Å². The number of nitrogens with two attached hydrogens (primary N) is 1. The van der Waals surface area contributed by atoms with Gasteiger partial charge in [-0.2, -0.15) is 21.6 Å². The Morgan fingerprint density at radius 1 is 1.21 bits per heavy atom. The number of aromatic nitrogens is 2. The van der Waals surface area contributed by atoms with Gasteiger partial charge in [0, 0.05) is 17.8 Å². The standard InChI is InChI=1S/C13H8F3N3O3S2/c14-13(15,16)24(20,21)22-7-5-8(9-3-1-2-4-18-9)11-10(6-7)19-12(17)23-11/h1-6H,(H2,17,19). The van der Waals surface area contributed by atoms with E-state index in [1.807, 2.05) is 0 Å². The highest BCUT2D eigenvalue weighted by Crippen LogP contribution is 2.38. The highest BCUT2D eigenvalue weighted by molar-refractivity contribution is 7.88. The van der Waals surface area contributed by atoms with E-state index < -0.39 is 21.4 Å². The first-order valence-electron chi connectivity index (χ1n) is 6.29. The van der Waals surface area contributed by atoms with E-state index in [2.05, 4.69) is 14.2 Å². The zero-order chi connectivity index (χ0) is 17.5. The molecule has 11 heteroatoms. The quantitative estimate of drug-likeness (QED) is 0.558. The third-order valence-corrected chi connectivity index (χ3v) is 4.82. The van der Waals surface area contributed by atoms with Gasteiger partial charge in [0.15, 0.2) is 5.13 Å². The fourth-order valence-corrected chi connectivity index (χ4v) is 3.24. The molecule has 0 aliphatic carbocycles. The van der Waals surface area contributed by atoms with Crippen LogP contribution in [0, 0.1) is 0 Å². The van der Waals surface area contributed by atoms with Crippen LogP contribution in [0.4, 0.5) is 18.3 Å². The number of hydrogen-bond acceptors (Lipinski definition) is 7. The highest BCUT2D eigenvalue weighted by atomic mass is 32.2. The van der Waals surface area contributed by atoms with Crippen LogP contribution in [-0.4, -0.2) is 23.9 Å². The highest BCUT2D eigenvalue weighted by Gasteiger charge is 2.48. The Kier molecular flexibility index (Phi) is 3.84. The van der Waals surface area contributed by atoms with E-state index in [4.69, 9.17) is 5.73 Å². The predicted molar refractivity (Wildman–Crippen MR) is 82.9 cm³/mol. The van der Waals surface area contributed by atoms with Crippen LogP contribution in [0.5, 0.6) is 5.75 Å². The van der Waals surface area contributed by atoms with E-state index in [0.717, 1.165) is 23.5 Å². The first-order chi connectivity index (χ1) is 11.2. The van der Waals surface area contributed by atoms with Crippen LogP contribution in [0.2, 0.25) is 0 Å². The largest absolute Gasteiger partial charge is 0.534 e. The molecule has 0 fully saturated rings. The molecule has 126 valence electrons. The van der Waals surface area contributed by atoms with Crippen LogP contribution >= 0.6 is 11.3 Å². The summed E-state index contributed by atoms with van der Waals surface area (Å²) >= 11 is 1.11. The van der Waals surface area contributed by atoms with Gasteiger partial charge in [-0.15, -0.1) is 0 Å². The molecule has 0 saturated heterocycles. The summed E-state index contributed by atoms with van der Waals surface area (Å²) in [5, 5.41) is 0.179. The molecule has 0 spiro atoms. The molecule has 0 unspecified atom stereocenters. The molecule has 0 radical (unpaired) electrons. The molecule has 3 aromatic rings. The van der Waals surface area contributed by atoms with Crippen molar-refractivity contribution in [1.82, 2.24) is 9.97 Å². The minimum Gasteiger partial charge on any atom is -0.376 e. The van der Waals surface area contributed by atoms with Gasteiger partial charge < -0.3 is 9.92 Å². The fourth-order valence-electron chi connectivity index (χ4n) is 1.96. The molecular formula is C13H8F3N3O3S2. The molecule has 2 heterocycles. The average Bonchev–Trinajstić information content (AvgIpc) is 2.86. The first-order valence-corrected chi connectivity index (χ1v) is 8.52. The van der Waals surface area contributed by atoms with Crippen molar-refractivity contribution in [3.8, 4) is 17.0 Å². The lowest BCUT2D eigenvalue weighted by molar-refractivity contribution is -0.0500. The van der Waals surface area contributed by atoms with E-state index in [0.29, 0.717) is 16.0 Å². The van der Waals surface area contributed by atoms with Crippen molar-refractivity contribution < 1.29 is 25.8 Å². The molecule has 3 rings (SSSR count). The summed E-state index contributed by atoms with van der Waals surface area (Å²) in [4.78, 5) is 8.07. The van der Waals surface area contributed by atoms with Crippen molar-refractivity contribution in [2.75, 3.05) is 5.73 Å². The number of hydrogen-bond donors (Lipinski definition) is 1. The van der Waals surface area contributed by atoms with E-state index in [1.165, 1.54) is 6.20 Å². The lowest BCUT2D eigenvalue weighted by Gasteiger charge is -2.11. The van der Waals surface area contributed by atoms with Crippen LogP contribution in [0.1, 0.15) is 0 Å². The number of fused-ring (bicyclic) bond motifs is 1. The molecule has 0 aliphatic heterocycles. The molecule has 0 saturated carbocycles. The Hall–Kier alpha value is -2.40. The molecule has 0 atom stereocenters. The van der Waals surface area contributed by atoms with Gasteiger partial charge in [0.1, 0.15) is 5.75 Å². The van der Waals surface area contributed by atoms with Gasteiger partial charge in [0.05, 0.1) is 15.9 Å². The number of halogens is 3. The van der Waals surface area contributed by atoms with E-state index in [-0.39, 0.29) is 10.6 Å². The molecule has 2 aromatic heterocycles. The van der Waals surface area contributed by atoms with Crippen LogP contribution in [-0.2, 0) is 10.1 Å². The van der Waals surface area contributed by atoms with Crippen molar-refractivity contribution in [2.45, 2.75) is 5.51 Å². The number of alkyl halides is 3. The van der Waals surface area contributed by atoms with E-state index in [9.17, 15) is 21.6 Å². The van der Waals surface area contributed by atoms with Crippen LogP contribution in [0.15, 0.2) is 36.5 Å². The Bertz CT molecular complexity index is 1000. The summed E-state index contributed by atoms with van der Waals surface area (Å²) in [6.45, 7) is 0. The van der Waals surface area contributed by atoms with Crippen LogP contribution < -0.4 is 9.92 Å². The Labute approximate surface area is 137 Å². The maximum absolute atomic E-state index is 12.5. The van der Waals surface area contributed by atoms with E-state index in [1.54, 1.807) is 18.2 Å². The smallest absolute Gasteiger partial charge is 0.376 e. The molecule has 0 amide bonds. The number of benzene rings is 1. The van der Waals surface area contributed by atoms with E-state index >= 15 is 0 Å². The molecule has 2 N–H and O–H groups in total. The zero-order valence-corrected chi connectivity index (χ0v) is 13.2. The van der Waals surface area contributed by atoms with Gasteiger partial charge in [-0.05, 0) is 18.2 Å². The Morgan fingerprint density at radius 2 is 1.96 bits per heavy atom. The minimum atomic E-state index is -5.79. The summed E-state index contributed by atoms with van der Waals surface area (Å²) in [6, 6.07) is 7.20. The van der Waals surface area contributed by atoms with Gasteiger partial charge in [0.2, 0.25) is 0 Å². The Balaban J connectivity index is 2.18. The number of thiazole rings is 1. The molecule has 24 heavy (non-hydrogen) atoms. The van der Waals surface area contributed by atoms with Gasteiger partial charge in [-0.25, -0.2) is 4.98 Å². The average molecular weight is 375 g/mol. The fraction of sp³-hybridized carbons (Fsp3) is 0.0769. The first kappa shape index (κ1) is 16.5. The number of nitrogen functional groups attached to an aromatic ring is 1. The van der Waals surface area contributed by atoms with Crippen molar-refractivity contribution in [2.24, 2.45) is 0 Å². The SMILES string of the molecule is Nc1nc2cc(OS(=O)(=O)C(F)(F)F)cc(-c3ccccn3)c2s1. The summed E-state index contributed by atoms with van der Waals surface area (Å²) < 4.78 is 64.7.